The van der Waals surface area contributed by atoms with E-state index in [1.807, 2.05) is 0 Å². The fraction of sp³-hybridized carbons (Fsp3) is 0.333. The number of carboxylic acids is 1. The van der Waals surface area contributed by atoms with Crippen molar-refractivity contribution in [3.8, 4) is 23.0 Å². The van der Waals surface area contributed by atoms with E-state index in [0.717, 1.165) is 12.8 Å². The highest BCUT2D eigenvalue weighted by Gasteiger charge is 2.25. The Bertz CT molecular complexity index is 1210. The molecule has 3 aromatic rings. The molecule has 4 N–H and O–H groups in total. The highest BCUT2D eigenvalue weighted by atomic mass is 35.5. The number of oxazole rings is 1. The largest absolute Gasteiger partial charge is 0.493 e. The van der Waals surface area contributed by atoms with Gasteiger partial charge in [0.1, 0.15) is 5.69 Å². The molecule has 1 aromatic carbocycles. The first kappa shape index (κ1) is 28.9. The molecule has 2 heterocycles. The summed E-state index contributed by atoms with van der Waals surface area (Å²) in [6.07, 6.45) is 2.32. The van der Waals surface area contributed by atoms with Gasteiger partial charge in [-0.1, -0.05) is 6.07 Å². The van der Waals surface area contributed by atoms with Crippen LogP contribution < -0.4 is 20.5 Å². The fourth-order valence-corrected chi connectivity index (χ4v) is 3.29. The van der Waals surface area contributed by atoms with Gasteiger partial charge in [-0.3, -0.25) is 4.79 Å². The van der Waals surface area contributed by atoms with E-state index in [1.54, 1.807) is 44.4 Å². The van der Waals surface area contributed by atoms with Crippen LogP contribution in [-0.4, -0.2) is 40.7 Å². The van der Waals surface area contributed by atoms with Crippen molar-refractivity contribution in [2.75, 3.05) is 13.7 Å². The molecule has 0 spiro atoms. The maximum Gasteiger partial charge on any atom is 0.354 e. The summed E-state index contributed by atoms with van der Waals surface area (Å²) in [6.45, 7) is 2.32. The maximum absolute atomic E-state index is 12.9. The maximum atomic E-state index is 12.9. The van der Waals surface area contributed by atoms with Crippen LogP contribution in [0.4, 0.5) is 0 Å². The summed E-state index contributed by atoms with van der Waals surface area (Å²) in [5.41, 5.74) is 6.99. The minimum absolute atomic E-state index is 0. The minimum atomic E-state index is -1.14. The lowest BCUT2D eigenvalue weighted by Crippen LogP contribution is -2.26. The lowest BCUT2D eigenvalue weighted by atomic mass is 10.2. The number of benzene rings is 1. The van der Waals surface area contributed by atoms with Crippen molar-refractivity contribution in [2.45, 2.75) is 32.4 Å². The van der Waals surface area contributed by atoms with Gasteiger partial charge in [-0.15, -0.1) is 24.8 Å². The Morgan fingerprint density at radius 1 is 1.19 bits per heavy atom. The van der Waals surface area contributed by atoms with Gasteiger partial charge in [0.2, 0.25) is 5.89 Å². The van der Waals surface area contributed by atoms with Crippen molar-refractivity contribution >= 4 is 36.7 Å². The van der Waals surface area contributed by atoms with Crippen LogP contribution in [-0.2, 0) is 6.54 Å². The molecule has 0 radical (unpaired) electrons. The molecule has 1 aliphatic carbocycles. The lowest BCUT2D eigenvalue weighted by molar-refractivity contribution is 0.0690. The molecule has 0 bridgehead atoms. The Balaban J connectivity index is 0.00000228. The van der Waals surface area contributed by atoms with E-state index in [9.17, 15) is 9.59 Å². The molecule has 194 valence electrons. The smallest absolute Gasteiger partial charge is 0.354 e. The number of pyridine rings is 1. The van der Waals surface area contributed by atoms with Gasteiger partial charge in [0.15, 0.2) is 23.0 Å². The number of halogens is 2. The van der Waals surface area contributed by atoms with Gasteiger partial charge < -0.3 is 30.0 Å². The average Bonchev–Trinajstić information content (AvgIpc) is 3.56. The second-order valence-electron chi connectivity index (χ2n) is 8.14. The number of nitrogens with one attached hydrogen (secondary N) is 1. The van der Waals surface area contributed by atoms with Gasteiger partial charge in [0.25, 0.3) is 5.91 Å². The highest BCUT2D eigenvalue weighted by molar-refractivity contribution is 5.94. The van der Waals surface area contributed by atoms with Crippen LogP contribution in [0.3, 0.4) is 0 Å². The Labute approximate surface area is 220 Å². The third kappa shape index (κ3) is 6.87. The average molecular weight is 539 g/mol. The Morgan fingerprint density at radius 2 is 1.94 bits per heavy atom. The number of hydrogen-bond donors (Lipinski definition) is 3. The first-order valence-electron chi connectivity index (χ1n) is 10.9. The zero-order chi connectivity index (χ0) is 24.2. The van der Waals surface area contributed by atoms with Crippen LogP contribution in [0, 0.1) is 5.92 Å². The number of amides is 1. The number of carbonyl (C=O) groups is 2. The van der Waals surface area contributed by atoms with E-state index in [-0.39, 0.29) is 54.4 Å². The van der Waals surface area contributed by atoms with E-state index < -0.39 is 17.9 Å². The second kappa shape index (κ2) is 12.6. The first-order valence-corrected chi connectivity index (χ1v) is 10.9. The zero-order valence-corrected chi connectivity index (χ0v) is 21.4. The van der Waals surface area contributed by atoms with Gasteiger partial charge in [-0.25, -0.2) is 14.8 Å². The fourth-order valence-electron chi connectivity index (χ4n) is 3.29. The number of carbonyl (C=O) groups excluding carboxylic acids is 1. The normalized spacial score (nSPS) is 13.1. The van der Waals surface area contributed by atoms with Crippen molar-refractivity contribution in [1.29, 1.82) is 0 Å². The Morgan fingerprint density at radius 3 is 2.58 bits per heavy atom. The van der Waals surface area contributed by atoms with E-state index in [0.29, 0.717) is 35.3 Å². The lowest BCUT2D eigenvalue weighted by Gasteiger charge is -2.11. The summed E-state index contributed by atoms with van der Waals surface area (Å²) in [6, 6.07) is 9.26. The SMILES string of the molecule is COc1ccc(-c2nc(C(=O)NCc3cccc(C(=O)O)n3)c(C(C)N)o2)cc1OCC1CC1.Cl.Cl. The van der Waals surface area contributed by atoms with Crippen molar-refractivity contribution in [1.82, 2.24) is 15.3 Å². The molecular formula is C24H28Cl2N4O6. The van der Waals surface area contributed by atoms with Crippen LogP contribution in [0.15, 0.2) is 40.8 Å². The first-order chi connectivity index (χ1) is 16.4. The second-order valence-corrected chi connectivity index (χ2v) is 8.14. The van der Waals surface area contributed by atoms with Crippen molar-refractivity contribution in [3.05, 3.63) is 59.2 Å². The number of ether oxygens (including phenoxy) is 2. The summed E-state index contributed by atoms with van der Waals surface area (Å²) in [5, 5.41) is 11.8. The van der Waals surface area contributed by atoms with Crippen LogP contribution >= 0.6 is 24.8 Å². The summed E-state index contributed by atoms with van der Waals surface area (Å²) in [7, 11) is 1.57. The molecule has 1 fully saturated rings. The summed E-state index contributed by atoms with van der Waals surface area (Å²) in [4.78, 5) is 32.4. The van der Waals surface area contributed by atoms with E-state index in [4.69, 9.17) is 24.7 Å². The Kier molecular flexibility index (Phi) is 10.1. The molecule has 36 heavy (non-hydrogen) atoms. The molecule has 12 heteroatoms. The number of nitrogens with two attached hydrogens (primary N) is 1. The molecule has 4 rings (SSSR count). The predicted octanol–water partition coefficient (Wildman–Crippen LogP) is 4.03. The topological polar surface area (TPSA) is 150 Å². The number of aromatic carboxylic acids is 1. The minimum Gasteiger partial charge on any atom is -0.493 e. The number of nitrogens with zero attached hydrogens (tertiary/aromatic N) is 2. The van der Waals surface area contributed by atoms with Gasteiger partial charge in [-0.05, 0) is 56.0 Å². The number of carboxylic acid groups (broad SMARTS) is 1. The van der Waals surface area contributed by atoms with Crippen molar-refractivity contribution < 1.29 is 28.6 Å². The summed E-state index contributed by atoms with van der Waals surface area (Å²) >= 11 is 0. The molecule has 1 amide bonds. The molecule has 1 unspecified atom stereocenters. The summed E-state index contributed by atoms with van der Waals surface area (Å²) in [5.74, 6) is 0.538. The van der Waals surface area contributed by atoms with E-state index in [1.165, 1.54) is 6.07 Å². The zero-order valence-electron chi connectivity index (χ0n) is 19.7. The van der Waals surface area contributed by atoms with Gasteiger partial charge >= 0.3 is 5.97 Å². The molecule has 10 nitrogen and oxygen atoms in total. The molecular weight excluding hydrogens is 511 g/mol. The van der Waals surface area contributed by atoms with E-state index >= 15 is 0 Å². The predicted molar refractivity (Wildman–Crippen MR) is 136 cm³/mol. The van der Waals surface area contributed by atoms with Crippen LogP contribution in [0.1, 0.15) is 58.2 Å². The third-order valence-corrected chi connectivity index (χ3v) is 5.32. The molecule has 1 atom stereocenters. The monoisotopic (exact) mass is 538 g/mol. The molecule has 0 saturated heterocycles. The summed E-state index contributed by atoms with van der Waals surface area (Å²) < 4.78 is 17.2. The molecule has 0 aliphatic heterocycles. The van der Waals surface area contributed by atoms with Crippen LogP contribution in [0.25, 0.3) is 11.5 Å². The number of aromatic nitrogens is 2. The van der Waals surface area contributed by atoms with Gasteiger partial charge in [0.05, 0.1) is 32.0 Å². The van der Waals surface area contributed by atoms with Gasteiger partial charge in [0, 0.05) is 5.56 Å². The number of hydrogen-bond acceptors (Lipinski definition) is 8. The van der Waals surface area contributed by atoms with E-state index in [2.05, 4.69) is 15.3 Å². The number of methoxy groups -OCH3 is 1. The third-order valence-electron chi connectivity index (χ3n) is 5.32. The molecule has 1 saturated carbocycles. The van der Waals surface area contributed by atoms with Gasteiger partial charge in [-0.2, -0.15) is 0 Å². The van der Waals surface area contributed by atoms with Crippen LogP contribution in [0.2, 0.25) is 0 Å². The molecule has 1 aliphatic rings. The Hall–Kier alpha value is -3.34. The van der Waals surface area contributed by atoms with Crippen molar-refractivity contribution in [3.63, 3.8) is 0 Å². The number of rotatable bonds is 10. The van der Waals surface area contributed by atoms with Crippen molar-refractivity contribution in [2.24, 2.45) is 11.7 Å². The van der Waals surface area contributed by atoms with Crippen LogP contribution in [0.5, 0.6) is 11.5 Å². The molecule has 2 aromatic heterocycles. The highest BCUT2D eigenvalue weighted by Crippen LogP contribution is 2.36. The standard InChI is InChI=1S/C24H26N4O6.2ClH/c1-13(25)21-20(22(29)26-11-16-4-3-5-17(27-16)24(30)31)28-23(34-21)15-8-9-18(32-2)19(10-15)33-12-14-6-7-14;;/h3-5,8-10,13-14H,6-7,11-12,25H2,1-2H3,(H,26,29)(H,30,31);2*1H. The quantitative estimate of drug-likeness (QED) is 0.347.